The summed E-state index contributed by atoms with van der Waals surface area (Å²) in [6, 6.07) is 10.2. The molecule has 0 saturated carbocycles. The molecule has 0 amide bonds. The highest BCUT2D eigenvalue weighted by Gasteiger charge is 2.39. The molecule has 5 nitrogen and oxygen atoms in total. The minimum Gasteiger partial charge on any atom is -0.468 e. The summed E-state index contributed by atoms with van der Waals surface area (Å²) in [4.78, 5) is 37.6. The van der Waals surface area contributed by atoms with Gasteiger partial charge >= 0.3 is 11.9 Å². The Kier molecular flexibility index (Phi) is 6.73. The Balaban J connectivity index is 2.44. The van der Waals surface area contributed by atoms with Crippen molar-refractivity contribution in [2.45, 2.75) is 12.3 Å². The lowest BCUT2D eigenvalue weighted by Gasteiger charge is -2.23. The van der Waals surface area contributed by atoms with E-state index in [-0.39, 0.29) is 12.2 Å². The van der Waals surface area contributed by atoms with Crippen LogP contribution >= 0.6 is 22.9 Å². The molecular formula is C18H17ClO5S. The lowest BCUT2D eigenvalue weighted by atomic mass is 9.82. The molecule has 2 aromatic rings. The van der Waals surface area contributed by atoms with Gasteiger partial charge in [0.2, 0.25) is 0 Å². The van der Waals surface area contributed by atoms with Gasteiger partial charge in [0.05, 0.1) is 19.1 Å². The number of benzene rings is 1. The molecule has 0 radical (unpaired) electrons. The highest BCUT2D eigenvalue weighted by molar-refractivity contribution is 7.12. The second-order valence-electron chi connectivity index (χ2n) is 5.29. The normalized spacial score (nSPS) is 11.8. The number of methoxy groups -OCH3 is 2. The fourth-order valence-electron chi connectivity index (χ4n) is 2.58. The Hall–Kier alpha value is -2.18. The summed E-state index contributed by atoms with van der Waals surface area (Å²) in [7, 11) is 2.38. The molecule has 25 heavy (non-hydrogen) atoms. The van der Waals surface area contributed by atoms with Gasteiger partial charge in [0.25, 0.3) is 0 Å². The molecule has 0 aliphatic carbocycles. The van der Waals surface area contributed by atoms with Crippen LogP contribution in [0.2, 0.25) is 5.02 Å². The van der Waals surface area contributed by atoms with Gasteiger partial charge in [-0.3, -0.25) is 14.4 Å². The van der Waals surface area contributed by atoms with E-state index in [1.165, 1.54) is 25.6 Å². The average molecular weight is 381 g/mol. The number of carbonyl (C=O) groups excluding carboxylic acids is 3. The van der Waals surface area contributed by atoms with E-state index in [1.54, 1.807) is 41.8 Å². The van der Waals surface area contributed by atoms with Gasteiger partial charge < -0.3 is 9.47 Å². The highest BCUT2D eigenvalue weighted by Crippen LogP contribution is 2.33. The fraction of sp³-hybridized carbons (Fsp3) is 0.278. The zero-order valence-corrected chi connectivity index (χ0v) is 15.3. The van der Waals surface area contributed by atoms with E-state index in [4.69, 9.17) is 21.1 Å². The van der Waals surface area contributed by atoms with E-state index >= 15 is 0 Å². The van der Waals surface area contributed by atoms with Crippen molar-refractivity contribution >= 4 is 40.7 Å². The maximum atomic E-state index is 12.6. The molecule has 0 N–H and O–H groups in total. The van der Waals surface area contributed by atoms with Crippen LogP contribution in [0.4, 0.5) is 0 Å². The molecule has 0 unspecified atom stereocenters. The van der Waals surface area contributed by atoms with E-state index in [9.17, 15) is 14.4 Å². The summed E-state index contributed by atoms with van der Waals surface area (Å²) in [6.45, 7) is 0. The third kappa shape index (κ3) is 4.67. The number of esters is 2. The van der Waals surface area contributed by atoms with E-state index < -0.39 is 23.8 Å². The lowest BCUT2D eigenvalue weighted by Crippen LogP contribution is -2.33. The second-order valence-corrected chi connectivity index (χ2v) is 6.67. The van der Waals surface area contributed by atoms with Crippen molar-refractivity contribution in [2.75, 3.05) is 14.2 Å². The number of hydrogen-bond acceptors (Lipinski definition) is 6. The molecule has 1 aromatic carbocycles. The molecule has 0 aliphatic heterocycles. The number of ketones is 1. The Morgan fingerprint density at radius 1 is 1.08 bits per heavy atom. The standard InChI is InChI=1S/C18H17ClO5S/c1-23-17(21)16(18(22)24-2)13(11-5-3-6-12(19)9-11)10-14(20)15-7-4-8-25-15/h3-9,13,16H,10H2,1-2H3/t13-/m1/s1. The quantitative estimate of drug-likeness (QED) is 0.416. The first kappa shape index (κ1) is 19.1. The van der Waals surface area contributed by atoms with Crippen molar-refractivity contribution < 1.29 is 23.9 Å². The van der Waals surface area contributed by atoms with Gasteiger partial charge in [-0.2, -0.15) is 0 Å². The van der Waals surface area contributed by atoms with Crippen LogP contribution in [-0.4, -0.2) is 31.9 Å². The van der Waals surface area contributed by atoms with Crippen LogP contribution in [0.1, 0.15) is 27.6 Å². The Morgan fingerprint density at radius 2 is 1.76 bits per heavy atom. The van der Waals surface area contributed by atoms with Gasteiger partial charge in [0, 0.05) is 17.4 Å². The first-order valence-corrected chi connectivity index (χ1v) is 8.71. The van der Waals surface area contributed by atoms with Crippen molar-refractivity contribution in [1.29, 1.82) is 0 Å². The predicted molar refractivity (Wildman–Crippen MR) is 95.0 cm³/mol. The van der Waals surface area contributed by atoms with Crippen molar-refractivity contribution in [3.05, 3.63) is 57.2 Å². The summed E-state index contributed by atoms with van der Waals surface area (Å²) in [5.41, 5.74) is 0.596. The Labute approximate surface area is 154 Å². The first-order valence-electron chi connectivity index (χ1n) is 7.45. The SMILES string of the molecule is COC(=O)C(C(=O)OC)[C@H](CC(=O)c1cccs1)c1cccc(Cl)c1. The van der Waals surface area contributed by atoms with Crippen LogP contribution in [0.15, 0.2) is 41.8 Å². The van der Waals surface area contributed by atoms with Gasteiger partial charge in [0.1, 0.15) is 0 Å². The zero-order valence-electron chi connectivity index (χ0n) is 13.7. The van der Waals surface area contributed by atoms with Crippen molar-refractivity contribution in [3.63, 3.8) is 0 Å². The van der Waals surface area contributed by atoms with Crippen LogP contribution in [-0.2, 0) is 19.1 Å². The zero-order chi connectivity index (χ0) is 18.4. The third-order valence-corrected chi connectivity index (χ3v) is 4.94. The summed E-state index contributed by atoms with van der Waals surface area (Å²) in [5.74, 6) is -3.67. The second kappa shape index (κ2) is 8.78. The van der Waals surface area contributed by atoms with Gasteiger partial charge in [-0.05, 0) is 29.1 Å². The molecule has 1 atom stereocenters. The maximum Gasteiger partial charge on any atom is 0.320 e. The number of thiophene rings is 1. The van der Waals surface area contributed by atoms with Crippen molar-refractivity contribution in [2.24, 2.45) is 5.92 Å². The van der Waals surface area contributed by atoms with E-state index in [2.05, 4.69) is 0 Å². The summed E-state index contributed by atoms with van der Waals surface area (Å²) in [6.07, 6.45) is -0.0459. The maximum absolute atomic E-state index is 12.6. The molecule has 1 heterocycles. The van der Waals surface area contributed by atoms with Crippen molar-refractivity contribution in [1.82, 2.24) is 0 Å². The summed E-state index contributed by atoms with van der Waals surface area (Å²) in [5, 5.41) is 2.24. The number of ether oxygens (including phenoxy) is 2. The fourth-order valence-corrected chi connectivity index (χ4v) is 3.46. The number of rotatable bonds is 7. The molecule has 0 saturated heterocycles. The van der Waals surface area contributed by atoms with Gasteiger partial charge in [0.15, 0.2) is 11.7 Å². The summed E-state index contributed by atoms with van der Waals surface area (Å²) < 4.78 is 9.52. The molecule has 0 aliphatic rings. The van der Waals surface area contributed by atoms with Crippen molar-refractivity contribution in [3.8, 4) is 0 Å². The largest absolute Gasteiger partial charge is 0.468 e. The highest BCUT2D eigenvalue weighted by atomic mass is 35.5. The van der Waals surface area contributed by atoms with Gasteiger partial charge in [-0.1, -0.05) is 29.8 Å². The van der Waals surface area contributed by atoms with E-state index in [1.807, 2.05) is 0 Å². The van der Waals surface area contributed by atoms with E-state index in [0.717, 1.165) is 0 Å². The monoisotopic (exact) mass is 380 g/mol. The molecule has 7 heteroatoms. The van der Waals surface area contributed by atoms with Crippen LogP contribution < -0.4 is 0 Å². The number of halogens is 1. The van der Waals surface area contributed by atoms with E-state index in [0.29, 0.717) is 15.5 Å². The number of hydrogen-bond donors (Lipinski definition) is 0. The Bertz CT molecular complexity index is 741. The van der Waals surface area contributed by atoms with Gasteiger partial charge in [-0.25, -0.2) is 0 Å². The minimum absolute atomic E-state index is 0.0459. The van der Waals surface area contributed by atoms with Crippen LogP contribution in [0.5, 0.6) is 0 Å². The molecular weight excluding hydrogens is 364 g/mol. The Morgan fingerprint density at radius 3 is 2.28 bits per heavy atom. The molecule has 0 spiro atoms. The lowest BCUT2D eigenvalue weighted by molar-refractivity contribution is -0.159. The molecule has 132 valence electrons. The summed E-state index contributed by atoms with van der Waals surface area (Å²) >= 11 is 7.34. The molecule has 2 rings (SSSR count). The number of Topliss-reactive ketones (excluding diaryl/α,β-unsaturated/α-hetero) is 1. The smallest absolute Gasteiger partial charge is 0.320 e. The first-order chi connectivity index (χ1) is 12.0. The molecule has 1 aromatic heterocycles. The molecule has 0 fully saturated rings. The average Bonchev–Trinajstić information content (AvgIpc) is 3.15. The van der Waals surface area contributed by atoms with Crippen LogP contribution in [0.3, 0.4) is 0 Å². The molecule has 0 bridgehead atoms. The van der Waals surface area contributed by atoms with Gasteiger partial charge in [-0.15, -0.1) is 11.3 Å². The minimum atomic E-state index is -1.25. The van der Waals surface area contributed by atoms with Crippen LogP contribution in [0.25, 0.3) is 0 Å². The number of carbonyl (C=O) groups is 3. The van der Waals surface area contributed by atoms with Crippen LogP contribution in [0, 0.1) is 5.92 Å². The third-order valence-electron chi connectivity index (χ3n) is 3.79. The topological polar surface area (TPSA) is 69.7 Å². The predicted octanol–water partition coefficient (Wildman–Crippen LogP) is 3.72.